The molecule has 0 N–H and O–H groups in total. The normalized spacial score (nSPS) is 11.5. The first-order valence-corrected chi connectivity index (χ1v) is 14.9. The zero-order chi connectivity index (χ0) is 25.6. The number of benzene rings is 4. The zero-order valence-corrected chi connectivity index (χ0v) is 22.0. The van der Waals surface area contributed by atoms with Crippen molar-refractivity contribution in [3.8, 4) is 10.6 Å². The van der Waals surface area contributed by atoms with E-state index in [1.54, 1.807) is 11.3 Å². The van der Waals surface area contributed by atoms with Gasteiger partial charge in [-0.15, -0.1) is 10.2 Å². The highest BCUT2D eigenvalue weighted by atomic mass is 35.7. The van der Waals surface area contributed by atoms with Crippen LogP contribution in [0.15, 0.2) is 121 Å². The fourth-order valence-corrected chi connectivity index (χ4v) is 9.93. The Morgan fingerprint density at radius 2 is 0.917 bits per heavy atom. The average molecular weight is 556 g/mol. The first-order valence-electron chi connectivity index (χ1n) is 10.7. The van der Waals surface area contributed by atoms with E-state index in [9.17, 15) is 0 Å². The van der Waals surface area contributed by atoms with Gasteiger partial charge in [-0.25, -0.2) is 18.6 Å². The minimum Gasteiger partial charge on any atom is -0.222 e. The number of nitrogens with zero attached hydrogens (tertiary/aromatic N) is 1. The van der Waals surface area contributed by atoms with Crippen molar-refractivity contribution < 1.29 is 28.9 Å². The maximum absolute atomic E-state index is 8.49. The minimum absolute atomic E-state index is 0.753. The van der Waals surface area contributed by atoms with Gasteiger partial charge in [0.1, 0.15) is 20.9 Å². The molecule has 0 aliphatic rings. The largest absolute Gasteiger partial charge is 0.228 e. The fourth-order valence-electron chi connectivity index (χ4n) is 3.97. The Balaban J connectivity index is 0.000000556. The molecule has 0 saturated heterocycles. The second kappa shape index (κ2) is 11.6. The van der Waals surface area contributed by atoms with Crippen molar-refractivity contribution >= 4 is 51.5 Å². The van der Waals surface area contributed by atoms with Gasteiger partial charge in [-0.3, -0.25) is 0 Å². The van der Waals surface area contributed by atoms with E-state index in [0.717, 1.165) is 20.3 Å². The summed E-state index contributed by atoms with van der Waals surface area (Å²) in [5.41, 5.74) is 2.06. The average Bonchev–Trinajstić information content (AvgIpc) is 3.28. The summed E-state index contributed by atoms with van der Waals surface area (Å²) in [6, 6.07) is 42.4. The monoisotopic (exact) mass is 555 g/mol. The smallest absolute Gasteiger partial charge is 0.222 e. The minimum atomic E-state index is -4.94. The van der Waals surface area contributed by atoms with Gasteiger partial charge in [0.25, 0.3) is 0 Å². The van der Waals surface area contributed by atoms with Crippen LogP contribution in [0, 0.1) is 10.2 Å². The molecule has 5 nitrogen and oxygen atoms in total. The second-order valence-electron chi connectivity index (χ2n) is 7.54. The second-order valence-corrected chi connectivity index (χ2v) is 13.2. The third kappa shape index (κ3) is 6.01. The van der Waals surface area contributed by atoms with Crippen molar-refractivity contribution in [2.75, 3.05) is 0 Å². The molecule has 9 heteroatoms. The van der Waals surface area contributed by atoms with Crippen molar-refractivity contribution in [1.29, 1.82) is 0 Å². The van der Waals surface area contributed by atoms with Gasteiger partial charge in [-0.05, 0) is 36.4 Å². The van der Waals surface area contributed by atoms with Gasteiger partial charge < -0.3 is 0 Å². The Bertz CT molecular complexity index is 1280. The summed E-state index contributed by atoms with van der Waals surface area (Å²) in [5.74, 6) is 0. The van der Waals surface area contributed by atoms with E-state index >= 15 is 0 Å². The highest BCUT2D eigenvalue weighted by Crippen LogP contribution is 2.56. The predicted molar refractivity (Wildman–Crippen MR) is 137 cm³/mol. The van der Waals surface area contributed by atoms with Gasteiger partial charge in [0.05, 0.1) is 0 Å². The first-order chi connectivity index (χ1) is 17.3. The molecule has 1 heterocycles. The third-order valence-corrected chi connectivity index (χ3v) is 11.1. The van der Waals surface area contributed by atoms with Crippen molar-refractivity contribution in [2.45, 2.75) is 0 Å². The number of hydrogen-bond acceptors (Lipinski definition) is 6. The quantitative estimate of drug-likeness (QED) is 0.304. The molecule has 0 aliphatic heterocycles. The Morgan fingerprint density at radius 3 is 1.28 bits per heavy atom. The summed E-state index contributed by atoms with van der Waals surface area (Å²) in [7, 11) is -7.22. The van der Waals surface area contributed by atoms with Crippen LogP contribution in [0.25, 0.3) is 10.6 Å². The topological polar surface area (TPSA) is 105 Å². The van der Waals surface area contributed by atoms with E-state index in [4.69, 9.17) is 35.2 Å². The van der Waals surface area contributed by atoms with Crippen LogP contribution >= 0.6 is 30.2 Å². The SMILES string of the molecule is Clc1sc(-c2ccccc2)nc1[P+](c1ccccc1)(c1ccccc1)c1ccccc1.[O-][Cl+3]([O-])([O-])[O-]. The van der Waals surface area contributed by atoms with Crippen LogP contribution in [0.1, 0.15) is 0 Å². The van der Waals surface area contributed by atoms with Crippen molar-refractivity contribution in [3.05, 3.63) is 126 Å². The summed E-state index contributed by atoms with van der Waals surface area (Å²) < 4.78 is 34.7. The summed E-state index contributed by atoms with van der Waals surface area (Å²) in [5, 5.41) is 4.70. The number of hydrogen-bond donors (Lipinski definition) is 0. The molecule has 0 unspecified atom stereocenters. The third-order valence-electron chi connectivity index (χ3n) is 5.34. The van der Waals surface area contributed by atoms with Crippen LogP contribution in [0.4, 0.5) is 0 Å². The molecule has 4 aromatic carbocycles. The molecule has 0 bridgehead atoms. The molecule has 5 aromatic rings. The lowest BCUT2D eigenvalue weighted by molar-refractivity contribution is -2.00. The lowest BCUT2D eigenvalue weighted by Crippen LogP contribution is -2.68. The fraction of sp³-hybridized carbons (Fsp3) is 0. The van der Waals surface area contributed by atoms with Gasteiger partial charge in [0, 0.05) is 5.56 Å². The number of aromatic nitrogens is 1. The summed E-state index contributed by atoms with van der Waals surface area (Å²) >= 11 is 8.57. The van der Waals surface area contributed by atoms with Crippen LogP contribution < -0.4 is 40.0 Å². The van der Waals surface area contributed by atoms with E-state index in [1.807, 2.05) is 18.2 Å². The molecule has 182 valence electrons. The first kappa shape index (κ1) is 26.4. The molecule has 0 fully saturated rings. The van der Waals surface area contributed by atoms with Crippen molar-refractivity contribution in [3.63, 3.8) is 0 Å². The van der Waals surface area contributed by atoms with Gasteiger partial charge in [-0.2, -0.15) is 4.98 Å². The molecule has 0 atom stereocenters. The Kier molecular flexibility index (Phi) is 8.52. The molecule has 0 saturated carbocycles. The van der Waals surface area contributed by atoms with E-state index < -0.39 is 17.5 Å². The zero-order valence-electron chi connectivity index (χ0n) is 18.7. The molecular formula is C27H20Cl2NO4PS. The Labute approximate surface area is 221 Å². The van der Waals surface area contributed by atoms with E-state index in [2.05, 4.69) is 103 Å². The van der Waals surface area contributed by atoms with Gasteiger partial charge >= 0.3 is 0 Å². The van der Waals surface area contributed by atoms with Crippen molar-refractivity contribution in [2.24, 2.45) is 0 Å². The van der Waals surface area contributed by atoms with Gasteiger partial charge in [0.15, 0.2) is 11.6 Å². The molecule has 36 heavy (non-hydrogen) atoms. The number of thiazole rings is 1. The van der Waals surface area contributed by atoms with Gasteiger partial charge in [0.2, 0.25) is 5.44 Å². The summed E-state index contributed by atoms with van der Waals surface area (Å²) in [6.07, 6.45) is 0. The highest BCUT2D eigenvalue weighted by Gasteiger charge is 2.51. The number of halogens is 2. The Hall–Kier alpha value is -2.64. The molecule has 1 aromatic heterocycles. The van der Waals surface area contributed by atoms with Crippen LogP contribution in [0.5, 0.6) is 0 Å². The molecule has 0 aliphatic carbocycles. The van der Waals surface area contributed by atoms with Crippen LogP contribution in [-0.4, -0.2) is 4.98 Å². The Morgan fingerprint density at radius 1 is 0.583 bits per heavy atom. The van der Waals surface area contributed by atoms with E-state index in [-0.39, 0.29) is 0 Å². The molecule has 0 radical (unpaired) electrons. The van der Waals surface area contributed by atoms with E-state index in [0.29, 0.717) is 0 Å². The molecule has 0 spiro atoms. The lowest BCUT2D eigenvalue weighted by atomic mass is 10.2. The molecule has 0 amide bonds. The predicted octanol–water partition coefficient (Wildman–Crippen LogP) is 1.33. The van der Waals surface area contributed by atoms with Crippen LogP contribution in [-0.2, 0) is 0 Å². The van der Waals surface area contributed by atoms with E-state index in [1.165, 1.54) is 15.9 Å². The summed E-state index contributed by atoms with van der Waals surface area (Å²) in [4.78, 5) is 5.22. The lowest BCUT2D eigenvalue weighted by Gasteiger charge is -2.25. The maximum atomic E-state index is 8.49. The maximum Gasteiger partial charge on any atom is 0.228 e. The summed E-state index contributed by atoms with van der Waals surface area (Å²) in [6.45, 7) is 0. The standard InChI is InChI=1S/C27H20ClNPS.ClHO4/c28-25-26(29-27(31-25)21-13-5-1-6-14-21)30(22-15-7-2-8-16-22,23-17-9-3-10-18-23)24-19-11-4-12-20-24;2-1(3,4)5/h1-20H;(H,2,3,4,5)/q+1;/p-1. The van der Waals surface area contributed by atoms with Crippen LogP contribution in [0.2, 0.25) is 4.34 Å². The van der Waals surface area contributed by atoms with Crippen LogP contribution in [0.3, 0.4) is 0 Å². The number of rotatable bonds is 5. The van der Waals surface area contributed by atoms with Crippen molar-refractivity contribution in [1.82, 2.24) is 4.98 Å². The van der Waals surface area contributed by atoms with Gasteiger partial charge in [-0.1, -0.05) is 108 Å². The highest BCUT2D eigenvalue weighted by molar-refractivity contribution is 8.01. The molecular weight excluding hydrogens is 536 g/mol. The molecule has 5 rings (SSSR count).